The van der Waals surface area contributed by atoms with Crippen LogP contribution in [0.2, 0.25) is 0 Å². The predicted octanol–water partition coefficient (Wildman–Crippen LogP) is 9.00. The molecule has 0 amide bonds. The normalized spacial score (nSPS) is 13.5. The second-order valence-electron chi connectivity index (χ2n) is 14.6. The Hall–Kier alpha value is -2.31. The lowest BCUT2D eigenvalue weighted by atomic mass is 9.79. The SMILES string of the molecule is COc1c(C(C)(C)C)cc([P+](=c2cc(C(C)(C)C)[c-](OC)c(C(C)(C)C)c2)[c-]2cccc2)cc1C(C)(C)C. The molecule has 0 saturated carbocycles. The molecule has 1 atom stereocenters. The van der Waals surface area contributed by atoms with Crippen LogP contribution in [0.4, 0.5) is 0 Å². The number of rotatable bonds is 4. The highest BCUT2D eigenvalue weighted by Crippen LogP contribution is 2.44. The minimum absolute atomic E-state index is 0.0541. The Labute approximate surface area is 233 Å². The van der Waals surface area contributed by atoms with E-state index in [9.17, 15) is 0 Å². The minimum atomic E-state index is -0.808. The Morgan fingerprint density at radius 1 is 0.605 bits per heavy atom. The van der Waals surface area contributed by atoms with Crippen LogP contribution in [-0.2, 0) is 21.7 Å². The van der Waals surface area contributed by atoms with E-state index in [0.717, 1.165) is 11.5 Å². The molecule has 0 aromatic heterocycles. The molecule has 0 aliphatic rings. The van der Waals surface area contributed by atoms with E-state index in [-0.39, 0.29) is 21.7 Å². The quantitative estimate of drug-likeness (QED) is 0.246. The van der Waals surface area contributed by atoms with Crippen LogP contribution < -0.4 is 20.1 Å². The van der Waals surface area contributed by atoms with Crippen LogP contribution in [-0.4, -0.2) is 14.2 Å². The zero-order valence-electron chi connectivity index (χ0n) is 26.4. The maximum absolute atomic E-state index is 6.11. The molecule has 0 radical (unpaired) electrons. The molecule has 0 saturated heterocycles. The summed E-state index contributed by atoms with van der Waals surface area (Å²) < 4.78 is 12.2. The van der Waals surface area contributed by atoms with Crippen LogP contribution in [0.5, 0.6) is 11.5 Å². The molecule has 208 valence electrons. The molecule has 3 aromatic carbocycles. The summed E-state index contributed by atoms with van der Waals surface area (Å²) in [5.41, 5.74) is 4.85. The van der Waals surface area contributed by atoms with Gasteiger partial charge in [0.2, 0.25) is 0 Å². The van der Waals surface area contributed by atoms with Gasteiger partial charge in [-0.25, -0.2) is 12.1 Å². The highest BCUT2D eigenvalue weighted by Gasteiger charge is 2.31. The lowest BCUT2D eigenvalue weighted by Gasteiger charge is -2.35. The lowest BCUT2D eigenvalue weighted by molar-refractivity contribution is 0.381. The van der Waals surface area contributed by atoms with E-state index in [1.165, 1.54) is 37.8 Å². The highest BCUT2D eigenvalue weighted by atomic mass is 31.1. The Balaban J connectivity index is 2.65. The van der Waals surface area contributed by atoms with Crippen molar-refractivity contribution in [3.63, 3.8) is 0 Å². The molecule has 0 aliphatic carbocycles. The molecule has 0 heterocycles. The number of ether oxygens (including phenoxy) is 2. The first kappa shape index (κ1) is 30.2. The topological polar surface area (TPSA) is 18.5 Å². The van der Waals surface area contributed by atoms with Crippen LogP contribution >= 0.6 is 7.55 Å². The van der Waals surface area contributed by atoms with Gasteiger partial charge in [0, 0.05) is 27.1 Å². The summed E-state index contributed by atoms with van der Waals surface area (Å²) in [5.74, 6) is 2.04. The zero-order chi connectivity index (χ0) is 28.8. The van der Waals surface area contributed by atoms with Crippen molar-refractivity contribution in [1.82, 2.24) is 0 Å². The second-order valence-corrected chi connectivity index (χ2v) is 16.8. The van der Waals surface area contributed by atoms with Crippen molar-refractivity contribution in [2.24, 2.45) is 0 Å². The van der Waals surface area contributed by atoms with Gasteiger partial charge in [-0.05, 0) is 33.8 Å². The molecule has 1 unspecified atom stereocenters. The lowest BCUT2D eigenvalue weighted by Crippen LogP contribution is -2.23. The van der Waals surface area contributed by atoms with Crippen LogP contribution in [0, 0.1) is 4.94 Å². The molecule has 38 heavy (non-hydrogen) atoms. The molecule has 0 spiro atoms. The summed E-state index contributed by atoms with van der Waals surface area (Å²) in [4.78, 5) is 1.37. The van der Waals surface area contributed by atoms with Gasteiger partial charge in [0.1, 0.15) is 11.1 Å². The van der Waals surface area contributed by atoms with Gasteiger partial charge in [0.25, 0.3) is 0 Å². The second kappa shape index (κ2) is 10.3. The summed E-state index contributed by atoms with van der Waals surface area (Å²) in [6, 6.07) is 18.6. The summed E-state index contributed by atoms with van der Waals surface area (Å²) in [7, 11) is 2.82. The third-order valence-corrected chi connectivity index (χ3v) is 9.57. The zero-order valence-corrected chi connectivity index (χ0v) is 27.3. The van der Waals surface area contributed by atoms with Crippen molar-refractivity contribution in [3.8, 4) is 11.5 Å². The summed E-state index contributed by atoms with van der Waals surface area (Å²) >= 11 is 0. The van der Waals surface area contributed by atoms with E-state index < -0.39 is 7.55 Å². The van der Waals surface area contributed by atoms with Gasteiger partial charge in [0.05, 0.1) is 21.8 Å². The van der Waals surface area contributed by atoms with Gasteiger partial charge < -0.3 is 9.47 Å². The molecule has 0 bridgehead atoms. The number of hydrogen-bond donors (Lipinski definition) is 0. The van der Waals surface area contributed by atoms with E-state index in [0.29, 0.717) is 0 Å². The fraction of sp³-hybridized carbons (Fsp3) is 0.514. The van der Waals surface area contributed by atoms with Crippen LogP contribution in [0.3, 0.4) is 0 Å². The molecule has 0 N–H and O–H groups in total. The van der Waals surface area contributed by atoms with Crippen molar-refractivity contribution in [2.45, 2.75) is 105 Å². The monoisotopic (exact) mass is 533 g/mol. The molecule has 3 rings (SSSR count). The maximum atomic E-state index is 6.11. The smallest absolute Gasteiger partial charge is 0.141 e. The molecule has 0 fully saturated rings. The molecule has 3 aromatic rings. The summed E-state index contributed by atoms with van der Waals surface area (Å²) in [6.07, 6.45) is 0. The minimum Gasteiger partial charge on any atom is -0.554 e. The average molecular weight is 534 g/mol. The van der Waals surface area contributed by atoms with E-state index in [4.69, 9.17) is 9.47 Å². The third kappa shape index (κ3) is 6.12. The fourth-order valence-electron chi connectivity index (χ4n) is 5.11. The Morgan fingerprint density at radius 2 is 1.03 bits per heavy atom. The van der Waals surface area contributed by atoms with Gasteiger partial charge in [-0.2, -0.15) is 0 Å². The van der Waals surface area contributed by atoms with Crippen LogP contribution in [0.25, 0.3) is 0 Å². The van der Waals surface area contributed by atoms with E-state index in [2.05, 4.69) is 132 Å². The van der Waals surface area contributed by atoms with E-state index >= 15 is 0 Å². The average Bonchev–Trinajstić information content (AvgIpc) is 3.30. The van der Waals surface area contributed by atoms with Crippen molar-refractivity contribution in [1.29, 1.82) is 0 Å². The maximum Gasteiger partial charge on any atom is 0.141 e. The summed E-state index contributed by atoms with van der Waals surface area (Å²) in [6.45, 7) is 27.4. The first-order chi connectivity index (χ1) is 17.3. The Bertz CT molecular complexity index is 1270. The van der Waals surface area contributed by atoms with E-state index in [1.54, 1.807) is 0 Å². The first-order valence-corrected chi connectivity index (χ1v) is 15.1. The Morgan fingerprint density at radius 3 is 1.34 bits per heavy atom. The van der Waals surface area contributed by atoms with Gasteiger partial charge in [0.15, 0.2) is 0 Å². The Kier molecular flexibility index (Phi) is 8.23. The predicted molar refractivity (Wildman–Crippen MR) is 168 cm³/mol. The van der Waals surface area contributed by atoms with Crippen molar-refractivity contribution in [3.05, 3.63) is 75.7 Å². The first-order valence-electron chi connectivity index (χ1n) is 13.8. The van der Waals surface area contributed by atoms with Gasteiger partial charge in [-0.3, -0.25) is 0 Å². The van der Waals surface area contributed by atoms with Crippen LogP contribution in [0.15, 0.2) is 48.5 Å². The van der Waals surface area contributed by atoms with E-state index in [1.807, 2.05) is 14.2 Å². The van der Waals surface area contributed by atoms with Crippen molar-refractivity contribution in [2.75, 3.05) is 14.2 Å². The number of hydrogen-bond acceptors (Lipinski definition) is 2. The standard InChI is InChI=1S/C35H50O2P/c1-32(2,3)26-19-24(20-27(30(26)36-13)33(4,5)6)38(23-17-15-16-18-23)25-21-28(34(7,8)9)31(37-14)29(22-25)35(10,11)12/h15-22H,1-14H3/q-1. The third-order valence-electron chi connectivity index (χ3n) is 7.21. The fourth-order valence-corrected chi connectivity index (χ4v) is 7.51. The number of methoxy groups -OCH3 is 2. The molecule has 0 aliphatic heterocycles. The van der Waals surface area contributed by atoms with Crippen molar-refractivity contribution >= 4 is 18.2 Å². The van der Waals surface area contributed by atoms with Gasteiger partial charge in [-0.1, -0.05) is 83.1 Å². The molecular weight excluding hydrogens is 483 g/mol. The molecule has 2 nitrogen and oxygen atoms in total. The van der Waals surface area contributed by atoms with Gasteiger partial charge in [-0.15, -0.1) is 35.4 Å². The molecular formula is C35H50O2P-. The number of benzene rings is 2. The molecule has 3 heteroatoms. The van der Waals surface area contributed by atoms with Crippen LogP contribution in [0.1, 0.15) is 105 Å². The van der Waals surface area contributed by atoms with Crippen molar-refractivity contribution < 1.29 is 9.47 Å². The largest absolute Gasteiger partial charge is 0.554 e. The van der Waals surface area contributed by atoms with Gasteiger partial charge >= 0.3 is 0 Å². The summed E-state index contributed by atoms with van der Waals surface area (Å²) in [5, 5.41) is 2.74. The highest BCUT2D eigenvalue weighted by molar-refractivity contribution is 7.65.